The first-order chi connectivity index (χ1) is 2.91. The van der Waals surface area contributed by atoms with Crippen LogP contribution >= 0.6 is 0 Å². The SMILES string of the molecule is NN=COC=O. The molecule has 0 aliphatic carbocycles. The lowest BCUT2D eigenvalue weighted by Gasteiger charge is -1.74. The van der Waals surface area contributed by atoms with E-state index < -0.39 is 0 Å². The van der Waals surface area contributed by atoms with Crippen LogP contribution in [0.1, 0.15) is 0 Å². The van der Waals surface area contributed by atoms with E-state index in [1.807, 2.05) is 0 Å². The highest BCUT2D eigenvalue weighted by molar-refractivity contribution is 5.59. The largest absolute Gasteiger partial charge is 0.415 e. The number of carbonyl (C=O) groups excluding carboxylic acids is 1. The van der Waals surface area contributed by atoms with Crippen molar-refractivity contribution in [3.8, 4) is 0 Å². The fourth-order valence-electron chi connectivity index (χ4n) is 0.0600. The summed E-state index contributed by atoms with van der Waals surface area (Å²) >= 11 is 0. The van der Waals surface area contributed by atoms with Gasteiger partial charge >= 0.3 is 0 Å². The molecular formula is C2H4N2O2. The third-order valence-electron chi connectivity index (χ3n) is 0.177. The molecule has 0 spiro atoms. The Morgan fingerprint density at radius 3 is 2.67 bits per heavy atom. The molecule has 0 aliphatic rings. The summed E-state index contributed by atoms with van der Waals surface area (Å²) in [6.07, 6.45) is 0.840. The van der Waals surface area contributed by atoms with Gasteiger partial charge in [-0.3, -0.25) is 4.79 Å². The van der Waals surface area contributed by atoms with E-state index in [-0.39, 0.29) is 6.47 Å². The van der Waals surface area contributed by atoms with Gasteiger partial charge in [0.15, 0.2) is 0 Å². The molecule has 4 heteroatoms. The lowest BCUT2D eigenvalue weighted by molar-refractivity contribution is -0.121. The predicted octanol–water partition coefficient (Wildman–Crippen LogP) is -0.939. The predicted molar refractivity (Wildman–Crippen MR) is 19.8 cm³/mol. The van der Waals surface area contributed by atoms with Crippen molar-refractivity contribution in [1.82, 2.24) is 0 Å². The van der Waals surface area contributed by atoms with Gasteiger partial charge in [0.25, 0.3) is 6.47 Å². The topological polar surface area (TPSA) is 64.7 Å². The minimum absolute atomic E-state index is 0.232. The van der Waals surface area contributed by atoms with Crippen molar-refractivity contribution < 1.29 is 9.53 Å². The average molecular weight is 88.1 g/mol. The van der Waals surface area contributed by atoms with Crippen LogP contribution in [0.5, 0.6) is 0 Å². The molecule has 0 rings (SSSR count). The first-order valence-corrected chi connectivity index (χ1v) is 1.22. The maximum atomic E-state index is 9.19. The normalized spacial score (nSPS) is 8.67. The van der Waals surface area contributed by atoms with E-state index in [1.54, 1.807) is 0 Å². The quantitative estimate of drug-likeness (QED) is 0.156. The number of ether oxygens (including phenoxy) is 1. The Balaban J connectivity index is 2.85. The molecule has 0 unspecified atom stereocenters. The highest BCUT2D eigenvalue weighted by Crippen LogP contribution is 1.47. The fourth-order valence-corrected chi connectivity index (χ4v) is 0.0600. The van der Waals surface area contributed by atoms with Crippen molar-refractivity contribution in [3.63, 3.8) is 0 Å². The molecule has 0 aliphatic heterocycles. The number of nitrogens with two attached hydrogens (primary N) is 1. The monoisotopic (exact) mass is 88.0 g/mol. The number of hydrazone groups is 1. The third-order valence-corrected chi connectivity index (χ3v) is 0.177. The maximum absolute atomic E-state index is 9.19. The number of hydrogen-bond acceptors (Lipinski definition) is 4. The zero-order valence-electron chi connectivity index (χ0n) is 3.00. The highest BCUT2D eigenvalue weighted by atomic mass is 16.5. The smallest absolute Gasteiger partial charge is 0.299 e. The van der Waals surface area contributed by atoms with E-state index in [0.29, 0.717) is 0 Å². The van der Waals surface area contributed by atoms with Gasteiger partial charge in [0.2, 0.25) is 6.40 Å². The van der Waals surface area contributed by atoms with Gasteiger partial charge in [-0.05, 0) is 0 Å². The molecule has 0 bridgehead atoms. The first kappa shape index (κ1) is 4.94. The van der Waals surface area contributed by atoms with Crippen LogP contribution in [0.15, 0.2) is 5.10 Å². The molecule has 2 N–H and O–H groups in total. The Kier molecular flexibility index (Phi) is 3.24. The van der Waals surface area contributed by atoms with Gasteiger partial charge in [-0.15, -0.1) is 0 Å². The van der Waals surface area contributed by atoms with Crippen molar-refractivity contribution in [2.75, 3.05) is 0 Å². The van der Waals surface area contributed by atoms with Crippen LogP contribution in [0.25, 0.3) is 0 Å². The summed E-state index contributed by atoms with van der Waals surface area (Å²) in [5.74, 6) is 4.50. The Hall–Kier alpha value is -1.06. The lowest BCUT2D eigenvalue weighted by atomic mass is 11.4. The summed E-state index contributed by atoms with van der Waals surface area (Å²) in [6, 6.07) is 0. The van der Waals surface area contributed by atoms with Crippen LogP contribution in [-0.4, -0.2) is 12.9 Å². The summed E-state index contributed by atoms with van der Waals surface area (Å²) in [6.45, 7) is 0.232. The summed E-state index contributed by atoms with van der Waals surface area (Å²) in [7, 11) is 0. The molecule has 0 aromatic heterocycles. The Bertz CT molecular complexity index is 60.6. The average Bonchev–Trinajstić information content (AvgIpc) is 1.61. The van der Waals surface area contributed by atoms with Crippen molar-refractivity contribution in [2.24, 2.45) is 10.9 Å². The molecule has 0 saturated carbocycles. The molecule has 0 atom stereocenters. The van der Waals surface area contributed by atoms with Gasteiger partial charge in [0, 0.05) is 0 Å². The van der Waals surface area contributed by atoms with Gasteiger partial charge in [-0.1, -0.05) is 0 Å². The zero-order valence-corrected chi connectivity index (χ0v) is 3.00. The van der Waals surface area contributed by atoms with E-state index in [2.05, 4.69) is 15.7 Å². The van der Waals surface area contributed by atoms with E-state index in [0.717, 1.165) is 6.40 Å². The Labute approximate surface area is 34.6 Å². The Morgan fingerprint density at radius 2 is 2.50 bits per heavy atom. The molecule has 0 heterocycles. The summed E-state index contributed by atoms with van der Waals surface area (Å²) in [4.78, 5) is 9.19. The van der Waals surface area contributed by atoms with Crippen LogP contribution in [-0.2, 0) is 9.53 Å². The van der Waals surface area contributed by atoms with Crippen LogP contribution in [0.4, 0.5) is 0 Å². The number of carbonyl (C=O) groups is 1. The molecule has 0 radical (unpaired) electrons. The van der Waals surface area contributed by atoms with Gasteiger partial charge in [-0.25, -0.2) is 0 Å². The molecule has 0 fully saturated rings. The molecule has 6 heavy (non-hydrogen) atoms. The van der Waals surface area contributed by atoms with Crippen molar-refractivity contribution in [2.45, 2.75) is 0 Å². The van der Waals surface area contributed by atoms with Gasteiger partial charge in [0.05, 0.1) is 0 Å². The molecule has 0 aromatic rings. The molecular weight excluding hydrogens is 84.0 g/mol. The fraction of sp³-hybridized carbons (Fsp3) is 0. The molecule has 34 valence electrons. The van der Waals surface area contributed by atoms with Crippen LogP contribution in [0.2, 0.25) is 0 Å². The van der Waals surface area contributed by atoms with Gasteiger partial charge in [0.1, 0.15) is 0 Å². The molecule has 0 amide bonds. The van der Waals surface area contributed by atoms with Gasteiger partial charge in [-0.2, -0.15) is 5.10 Å². The summed E-state index contributed by atoms with van der Waals surface area (Å²) < 4.78 is 3.89. The Morgan fingerprint density at radius 1 is 1.83 bits per heavy atom. The van der Waals surface area contributed by atoms with E-state index in [1.165, 1.54) is 0 Å². The van der Waals surface area contributed by atoms with Crippen LogP contribution in [0, 0.1) is 0 Å². The second kappa shape index (κ2) is 3.94. The second-order valence-corrected chi connectivity index (χ2v) is 0.487. The maximum Gasteiger partial charge on any atom is 0.299 e. The number of hydrogen-bond donors (Lipinski definition) is 1. The van der Waals surface area contributed by atoms with Crippen LogP contribution < -0.4 is 5.84 Å². The lowest BCUT2D eigenvalue weighted by Crippen LogP contribution is -1.86. The zero-order chi connectivity index (χ0) is 4.83. The van der Waals surface area contributed by atoms with Crippen LogP contribution in [0.3, 0.4) is 0 Å². The summed E-state index contributed by atoms with van der Waals surface area (Å²) in [5, 5.41) is 2.85. The first-order valence-electron chi connectivity index (χ1n) is 1.22. The van der Waals surface area contributed by atoms with Gasteiger partial charge < -0.3 is 10.6 Å². The minimum atomic E-state index is 0.232. The van der Waals surface area contributed by atoms with E-state index in [4.69, 9.17) is 0 Å². The number of nitrogens with zero attached hydrogens (tertiary/aromatic N) is 1. The second-order valence-electron chi connectivity index (χ2n) is 0.487. The molecule has 4 nitrogen and oxygen atoms in total. The van der Waals surface area contributed by atoms with Crippen molar-refractivity contribution in [1.29, 1.82) is 0 Å². The molecule has 0 aromatic carbocycles. The standard InChI is InChI=1S/C2H4N2O2/c3-4-1-6-2-5/h1-2H,3H2. The van der Waals surface area contributed by atoms with E-state index >= 15 is 0 Å². The number of rotatable bonds is 2. The highest BCUT2D eigenvalue weighted by Gasteiger charge is 1.59. The summed E-state index contributed by atoms with van der Waals surface area (Å²) in [5.41, 5.74) is 0. The minimum Gasteiger partial charge on any atom is -0.415 e. The van der Waals surface area contributed by atoms with Crippen molar-refractivity contribution >= 4 is 12.9 Å². The van der Waals surface area contributed by atoms with Crippen molar-refractivity contribution in [3.05, 3.63) is 0 Å². The van der Waals surface area contributed by atoms with E-state index in [9.17, 15) is 4.79 Å². The molecule has 0 saturated heterocycles. The third kappa shape index (κ3) is 2.94.